The second-order valence-electron chi connectivity index (χ2n) is 10.0. The Balaban J connectivity index is 1.40. The number of benzene rings is 4. The van der Waals surface area contributed by atoms with E-state index in [1.165, 1.54) is 11.3 Å². The molecule has 2 heterocycles. The van der Waals surface area contributed by atoms with Crippen LogP contribution in [0.15, 0.2) is 118 Å². The monoisotopic (exact) mass is 843 g/mol. The summed E-state index contributed by atoms with van der Waals surface area (Å²) in [5.41, 5.74) is 4.11. The van der Waals surface area contributed by atoms with Crippen LogP contribution in [-0.4, -0.2) is 10.5 Å². The van der Waals surface area contributed by atoms with Gasteiger partial charge in [0, 0.05) is 10.7 Å². The zero-order valence-electron chi connectivity index (χ0n) is 23.3. The normalized spacial score (nSPS) is 14.6. The van der Waals surface area contributed by atoms with Crippen LogP contribution in [0.1, 0.15) is 29.7 Å². The number of hydrogen-bond acceptors (Lipinski definition) is 5. The highest BCUT2D eigenvalue weighted by Gasteiger charge is 2.32. The number of anilines is 1. The van der Waals surface area contributed by atoms with E-state index in [9.17, 15) is 9.59 Å². The van der Waals surface area contributed by atoms with Gasteiger partial charge in [-0.1, -0.05) is 83.6 Å². The van der Waals surface area contributed by atoms with E-state index in [-0.39, 0.29) is 11.5 Å². The predicted molar refractivity (Wildman–Crippen MR) is 193 cm³/mol. The molecule has 1 atom stereocenters. The van der Waals surface area contributed by atoms with Crippen LogP contribution in [0.2, 0.25) is 5.02 Å². The average Bonchev–Trinajstić information content (AvgIpc) is 3.31. The third-order valence-corrected chi connectivity index (χ3v) is 9.87. The highest BCUT2D eigenvalue weighted by Crippen LogP contribution is 2.32. The van der Waals surface area contributed by atoms with E-state index in [1.807, 2.05) is 91.0 Å². The van der Waals surface area contributed by atoms with Gasteiger partial charge in [-0.3, -0.25) is 14.2 Å². The van der Waals surface area contributed by atoms with Gasteiger partial charge in [0.1, 0.15) is 12.4 Å². The SMILES string of the molecule is CC1=C(C(=O)Nc2ccccc2)C(c2ccc(Cl)cc2)n2c(s/c(=C\c3cc(I)c(OCc4ccccc4)c(I)c3)c2=O)=N1. The first-order chi connectivity index (χ1) is 21.3. The van der Waals surface area contributed by atoms with E-state index < -0.39 is 6.04 Å². The molecule has 6 rings (SSSR count). The van der Waals surface area contributed by atoms with Crippen molar-refractivity contribution in [2.45, 2.75) is 19.6 Å². The van der Waals surface area contributed by atoms with Gasteiger partial charge in [-0.2, -0.15) is 0 Å². The van der Waals surface area contributed by atoms with Crippen LogP contribution in [0.4, 0.5) is 5.69 Å². The minimum atomic E-state index is -0.677. The van der Waals surface area contributed by atoms with E-state index in [4.69, 9.17) is 21.3 Å². The summed E-state index contributed by atoms with van der Waals surface area (Å²) in [7, 11) is 0. The molecule has 0 aliphatic carbocycles. The van der Waals surface area contributed by atoms with Gasteiger partial charge in [-0.15, -0.1) is 0 Å². The van der Waals surface area contributed by atoms with Crippen molar-refractivity contribution in [3.63, 3.8) is 0 Å². The number of aromatic nitrogens is 1. The maximum absolute atomic E-state index is 14.1. The van der Waals surface area contributed by atoms with Crippen LogP contribution in [-0.2, 0) is 11.4 Å². The molecule has 220 valence electrons. The van der Waals surface area contributed by atoms with Gasteiger partial charge < -0.3 is 10.1 Å². The number of rotatable bonds is 7. The molecule has 1 aromatic heterocycles. The number of hydrogen-bond donors (Lipinski definition) is 1. The van der Waals surface area contributed by atoms with Crippen LogP contribution in [0.25, 0.3) is 6.08 Å². The molecule has 0 radical (unpaired) electrons. The topological polar surface area (TPSA) is 72.7 Å². The maximum Gasteiger partial charge on any atom is 0.271 e. The summed E-state index contributed by atoms with van der Waals surface area (Å²) in [6, 6.07) is 29.8. The largest absolute Gasteiger partial charge is 0.487 e. The van der Waals surface area contributed by atoms with Crippen molar-refractivity contribution in [3.05, 3.63) is 157 Å². The molecular formula is C34H24ClI2N3O3S. The highest BCUT2D eigenvalue weighted by molar-refractivity contribution is 14.1. The molecule has 1 amide bonds. The minimum absolute atomic E-state index is 0.222. The molecule has 4 aromatic carbocycles. The molecule has 1 unspecified atom stereocenters. The minimum Gasteiger partial charge on any atom is -0.487 e. The number of fused-ring (bicyclic) bond motifs is 1. The van der Waals surface area contributed by atoms with Crippen molar-refractivity contribution in [1.82, 2.24) is 4.57 Å². The number of allylic oxidation sites excluding steroid dienone is 1. The molecule has 6 nitrogen and oxygen atoms in total. The third kappa shape index (κ3) is 6.56. The van der Waals surface area contributed by atoms with Crippen molar-refractivity contribution in [2.75, 3.05) is 5.32 Å². The standard InChI is InChI=1S/C34H24ClI2N3O3S/c1-20-29(32(41)39-25-10-6-3-7-11-25)30(23-12-14-24(35)15-13-23)40-33(42)28(44-34(40)38-20)18-22-16-26(36)31(27(37)17-22)43-19-21-8-4-2-5-9-21/h2-18,30H,19H2,1H3,(H,39,41)/b28-18-. The fourth-order valence-electron chi connectivity index (χ4n) is 4.97. The average molecular weight is 844 g/mol. The molecule has 10 heteroatoms. The smallest absolute Gasteiger partial charge is 0.271 e. The van der Waals surface area contributed by atoms with Crippen molar-refractivity contribution in [1.29, 1.82) is 0 Å². The van der Waals surface area contributed by atoms with Crippen LogP contribution < -0.4 is 24.9 Å². The Morgan fingerprint density at radius 2 is 1.64 bits per heavy atom. The summed E-state index contributed by atoms with van der Waals surface area (Å²) in [6.45, 7) is 2.27. The number of thiazole rings is 1. The highest BCUT2D eigenvalue weighted by atomic mass is 127. The zero-order chi connectivity index (χ0) is 30.8. The van der Waals surface area contributed by atoms with Crippen molar-refractivity contribution < 1.29 is 9.53 Å². The van der Waals surface area contributed by atoms with Crippen molar-refractivity contribution in [3.8, 4) is 5.75 Å². The summed E-state index contributed by atoms with van der Waals surface area (Å²) in [5.74, 6) is 0.489. The Labute approximate surface area is 290 Å². The fourth-order valence-corrected chi connectivity index (χ4v) is 8.27. The van der Waals surface area contributed by atoms with Gasteiger partial charge in [0.15, 0.2) is 4.80 Å². The Kier molecular flexibility index (Phi) is 9.36. The molecule has 0 saturated carbocycles. The van der Waals surface area contributed by atoms with Crippen LogP contribution in [0.3, 0.4) is 0 Å². The lowest BCUT2D eigenvalue weighted by Crippen LogP contribution is -2.40. The molecule has 0 saturated heterocycles. The number of nitrogens with one attached hydrogen (secondary N) is 1. The van der Waals surface area contributed by atoms with Crippen molar-refractivity contribution >= 4 is 85.8 Å². The Morgan fingerprint density at radius 1 is 1.00 bits per heavy atom. The number of ether oxygens (including phenoxy) is 1. The molecule has 0 spiro atoms. The fraction of sp³-hybridized carbons (Fsp3) is 0.0882. The third-order valence-electron chi connectivity index (χ3n) is 7.03. The summed E-state index contributed by atoms with van der Waals surface area (Å²) in [5, 5.41) is 3.54. The number of halogens is 3. The van der Waals surface area contributed by atoms with Crippen molar-refractivity contribution in [2.24, 2.45) is 4.99 Å². The number of nitrogens with zero attached hydrogens (tertiary/aromatic N) is 2. The first kappa shape index (κ1) is 30.8. The summed E-state index contributed by atoms with van der Waals surface area (Å²) in [4.78, 5) is 33.1. The van der Waals surface area contributed by atoms with Crippen LogP contribution in [0.5, 0.6) is 5.75 Å². The molecule has 5 aromatic rings. The molecule has 1 aliphatic rings. The number of para-hydroxylation sites is 1. The number of amides is 1. The van der Waals surface area contributed by atoms with E-state index >= 15 is 0 Å². The summed E-state index contributed by atoms with van der Waals surface area (Å²) in [6.07, 6.45) is 1.87. The molecule has 44 heavy (non-hydrogen) atoms. The van der Waals surface area contributed by atoms with Crippen LogP contribution in [0, 0.1) is 7.14 Å². The Bertz CT molecular complexity index is 2050. The lowest BCUT2D eigenvalue weighted by molar-refractivity contribution is -0.113. The van der Waals surface area contributed by atoms with E-state index in [0.29, 0.717) is 37.9 Å². The summed E-state index contributed by atoms with van der Waals surface area (Å²) < 4.78 is 10.2. The molecule has 1 aliphatic heterocycles. The van der Waals surface area contributed by atoms with Gasteiger partial charge in [0.05, 0.1) is 29.0 Å². The second kappa shape index (κ2) is 13.4. The van der Waals surface area contributed by atoms with Gasteiger partial charge in [-0.05, 0) is 111 Å². The Morgan fingerprint density at radius 3 is 2.30 bits per heavy atom. The van der Waals surface area contributed by atoms with E-state index in [1.54, 1.807) is 23.6 Å². The first-order valence-electron chi connectivity index (χ1n) is 13.6. The van der Waals surface area contributed by atoms with Gasteiger partial charge in [-0.25, -0.2) is 4.99 Å². The van der Waals surface area contributed by atoms with E-state index in [2.05, 4.69) is 50.5 Å². The van der Waals surface area contributed by atoms with Gasteiger partial charge >= 0.3 is 0 Å². The van der Waals surface area contributed by atoms with Crippen LogP contribution >= 0.6 is 68.1 Å². The van der Waals surface area contributed by atoms with Gasteiger partial charge in [0.25, 0.3) is 11.5 Å². The molecule has 0 fully saturated rings. The number of carbonyl (C=O) groups is 1. The summed E-state index contributed by atoms with van der Waals surface area (Å²) >= 11 is 12.0. The number of carbonyl (C=O) groups excluding carboxylic acids is 1. The molecule has 0 bridgehead atoms. The quantitative estimate of drug-likeness (QED) is 0.175. The second-order valence-corrected chi connectivity index (χ2v) is 13.8. The van der Waals surface area contributed by atoms with E-state index in [0.717, 1.165) is 29.6 Å². The Hall–Kier alpha value is -3.26. The lowest BCUT2D eigenvalue weighted by atomic mass is 9.95. The molecular weight excluding hydrogens is 820 g/mol. The first-order valence-corrected chi connectivity index (χ1v) is 16.9. The predicted octanol–water partition coefficient (Wildman–Crippen LogP) is 7.32. The molecule has 1 N–H and O–H groups in total. The van der Waals surface area contributed by atoms with Gasteiger partial charge in [0.2, 0.25) is 0 Å². The zero-order valence-corrected chi connectivity index (χ0v) is 29.1. The maximum atomic E-state index is 14.1. The lowest BCUT2D eigenvalue weighted by Gasteiger charge is -2.25.